The first-order valence-corrected chi connectivity index (χ1v) is 5.90. The molecule has 0 radical (unpaired) electrons. The molecule has 0 N–H and O–H groups in total. The van der Waals surface area contributed by atoms with E-state index in [1.54, 1.807) is 13.8 Å². The maximum atomic E-state index is 4.94. The Morgan fingerprint density at radius 1 is 0.882 bits per heavy atom. The van der Waals surface area contributed by atoms with Crippen LogP contribution < -0.4 is 0 Å². The number of rotatable bonds is 0. The van der Waals surface area contributed by atoms with Gasteiger partial charge in [-0.25, -0.2) is 0 Å². The Hall–Kier alpha value is -0.197. The third-order valence-electron chi connectivity index (χ3n) is 1.77. The van der Waals surface area contributed by atoms with Gasteiger partial charge in [-0.15, -0.1) is 0 Å². The minimum atomic E-state index is 0. The fourth-order valence-electron chi connectivity index (χ4n) is 1.04. The molecule has 1 fully saturated rings. The topological polar surface area (TPSA) is 9.23 Å². The standard InChI is InChI=1S/C7H8.C4H8O.2C2H5.Zn/c1-7-5-3-2-4-6-7;1-2-4-5-3-1;2*1-2;/h2-6H,1H3;1-4H2;2*1H2,2H3;/q;;2*-1;+2. The third kappa shape index (κ3) is 18.4. The summed E-state index contributed by atoms with van der Waals surface area (Å²) < 4.78 is 4.94. The average Bonchev–Trinajstić information content (AvgIpc) is 2.94. The van der Waals surface area contributed by atoms with Crippen LogP contribution in [0.3, 0.4) is 0 Å². The third-order valence-corrected chi connectivity index (χ3v) is 1.77. The number of hydrogen-bond acceptors (Lipinski definition) is 1. The van der Waals surface area contributed by atoms with Gasteiger partial charge in [0.05, 0.1) is 0 Å². The average molecular weight is 288 g/mol. The van der Waals surface area contributed by atoms with Crippen LogP contribution in [-0.2, 0) is 24.2 Å². The van der Waals surface area contributed by atoms with Crippen molar-refractivity contribution in [2.75, 3.05) is 13.2 Å². The molecule has 2 heteroatoms. The first-order chi connectivity index (χ1) is 7.89. The maximum Gasteiger partial charge on any atom is 2.00 e. The predicted molar refractivity (Wildman–Crippen MR) is 73.3 cm³/mol. The number of hydrogen-bond donors (Lipinski definition) is 0. The van der Waals surface area contributed by atoms with Crippen molar-refractivity contribution in [1.29, 1.82) is 0 Å². The molecule has 17 heavy (non-hydrogen) atoms. The molecule has 2 rings (SSSR count). The van der Waals surface area contributed by atoms with Gasteiger partial charge in [0.2, 0.25) is 0 Å². The van der Waals surface area contributed by atoms with Crippen LogP contribution in [0.5, 0.6) is 0 Å². The summed E-state index contributed by atoms with van der Waals surface area (Å²) in [7, 11) is 0. The van der Waals surface area contributed by atoms with E-state index in [-0.39, 0.29) is 19.5 Å². The van der Waals surface area contributed by atoms with E-state index in [1.807, 2.05) is 18.2 Å². The zero-order chi connectivity index (χ0) is 12.6. The molecule has 0 spiro atoms. The molecule has 0 aromatic heterocycles. The van der Waals surface area contributed by atoms with Crippen molar-refractivity contribution in [3.63, 3.8) is 0 Å². The zero-order valence-corrected chi connectivity index (χ0v) is 14.7. The van der Waals surface area contributed by atoms with Crippen molar-refractivity contribution in [3.05, 3.63) is 49.7 Å². The molecule has 1 saturated heterocycles. The fourth-order valence-corrected chi connectivity index (χ4v) is 1.04. The molecule has 94 valence electrons. The van der Waals surface area contributed by atoms with Gasteiger partial charge in [-0.2, -0.15) is 13.8 Å². The zero-order valence-electron chi connectivity index (χ0n) is 11.7. The summed E-state index contributed by atoms with van der Waals surface area (Å²) in [5, 5.41) is 0. The summed E-state index contributed by atoms with van der Waals surface area (Å²) in [6.07, 6.45) is 2.56. The van der Waals surface area contributed by atoms with Crippen molar-refractivity contribution >= 4 is 0 Å². The van der Waals surface area contributed by atoms with Crippen LogP contribution in [0.25, 0.3) is 0 Å². The number of benzene rings is 1. The Morgan fingerprint density at radius 2 is 1.29 bits per heavy atom. The quantitative estimate of drug-likeness (QED) is 0.505. The van der Waals surface area contributed by atoms with Crippen LogP contribution in [0, 0.1) is 20.8 Å². The van der Waals surface area contributed by atoms with Gasteiger partial charge in [-0.05, 0) is 19.8 Å². The molecule has 1 nitrogen and oxygen atoms in total. The maximum absolute atomic E-state index is 4.94. The van der Waals surface area contributed by atoms with E-state index >= 15 is 0 Å². The summed E-state index contributed by atoms with van der Waals surface area (Å²) in [6.45, 7) is 14.1. The van der Waals surface area contributed by atoms with E-state index in [2.05, 4.69) is 32.9 Å². The second kappa shape index (κ2) is 21.1. The summed E-state index contributed by atoms with van der Waals surface area (Å²) >= 11 is 0. The Morgan fingerprint density at radius 3 is 1.47 bits per heavy atom. The van der Waals surface area contributed by atoms with E-state index in [0.29, 0.717) is 0 Å². The van der Waals surface area contributed by atoms with Crippen LogP contribution in [0.4, 0.5) is 0 Å². The Bertz CT molecular complexity index is 188. The Balaban J connectivity index is -0.000000175. The van der Waals surface area contributed by atoms with Gasteiger partial charge in [-0.1, -0.05) is 35.9 Å². The van der Waals surface area contributed by atoms with E-state index in [0.717, 1.165) is 13.2 Å². The molecule has 1 heterocycles. The normalized spacial score (nSPS) is 11.4. The van der Waals surface area contributed by atoms with Gasteiger partial charge in [0.1, 0.15) is 0 Å². The van der Waals surface area contributed by atoms with Crippen molar-refractivity contribution in [3.8, 4) is 0 Å². The van der Waals surface area contributed by atoms with Crippen molar-refractivity contribution in [1.82, 2.24) is 0 Å². The summed E-state index contributed by atoms with van der Waals surface area (Å²) in [5.74, 6) is 0. The van der Waals surface area contributed by atoms with Crippen molar-refractivity contribution in [2.24, 2.45) is 0 Å². The molecule has 1 aromatic carbocycles. The smallest absolute Gasteiger partial charge is 0.381 e. The van der Waals surface area contributed by atoms with Crippen LogP contribution in [-0.4, -0.2) is 13.2 Å². The Kier molecular flexibility index (Phi) is 27.4. The van der Waals surface area contributed by atoms with Crippen LogP contribution in [0.2, 0.25) is 0 Å². The first-order valence-electron chi connectivity index (χ1n) is 5.90. The summed E-state index contributed by atoms with van der Waals surface area (Å²) in [4.78, 5) is 0. The van der Waals surface area contributed by atoms with Crippen LogP contribution in [0.1, 0.15) is 32.3 Å². The van der Waals surface area contributed by atoms with Gasteiger partial charge in [-0.3, -0.25) is 0 Å². The molecule has 1 aromatic rings. The molecule has 0 saturated carbocycles. The largest absolute Gasteiger partial charge is 2.00 e. The van der Waals surface area contributed by atoms with E-state index in [4.69, 9.17) is 4.74 Å². The van der Waals surface area contributed by atoms with E-state index in [9.17, 15) is 0 Å². The minimum absolute atomic E-state index is 0. The summed E-state index contributed by atoms with van der Waals surface area (Å²) in [6, 6.07) is 10.3. The molecule has 0 bridgehead atoms. The number of aryl methyl sites for hydroxylation is 1. The van der Waals surface area contributed by atoms with Gasteiger partial charge in [0.15, 0.2) is 0 Å². The first kappa shape index (κ1) is 22.0. The molecule has 0 aliphatic carbocycles. The molecule has 1 aliphatic heterocycles. The molecule has 0 atom stereocenters. The van der Waals surface area contributed by atoms with Gasteiger partial charge in [0.25, 0.3) is 0 Å². The second-order valence-corrected chi connectivity index (χ2v) is 2.97. The monoisotopic (exact) mass is 286 g/mol. The number of ether oxygens (including phenoxy) is 1. The van der Waals surface area contributed by atoms with E-state index in [1.165, 1.54) is 18.4 Å². The molecule has 1 aliphatic rings. The van der Waals surface area contributed by atoms with Crippen molar-refractivity contribution in [2.45, 2.75) is 33.6 Å². The molecular weight excluding hydrogens is 262 g/mol. The van der Waals surface area contributed by atoms with E-state index < -0.39 is 0 Å². The molecule has 0 unspecified atom stereocenters. The molecular formula is C15H26OZn. The SMILES string of the molecule is C1CCOC1.Cc1ccccc1.[CH2-]C.[CH2-]C.[Zn+2]. The Labute approximate surface area is 121 Å². The predicted octanol–water partition coefficient (Wildman–Crippen LogP) is 4.47. The van der Waals surface area contributed by atoms with Gasteiger partial charge in [0, 0.05) is 13.2 Å². The van der Waals surface area contributed by atoms with Gasteiger partial charge < -0.3 is 18.6 Å². The van der Waals surface area contributed by atoms with Gasteiger partial charge >= 0.3 is 19.5 Å². The second-order valence-electron chi connectivity index (χ2n) is 2.97. The summed E-state index contributed by atoms with van der Waals surface area (Å²) in [5.41, 5.74) is 1.32. The molecule has 0 amide bonds. The fraction of sp³-hybridized carbons (Fsp3) is 0.467. The van der Waals surface area contributed by atoms with Crippen molar-refractivity contribution < 1.29 is 24.2 Å². The van der Waals surface area contributed by atoms with Crippen LogP contribution in [0.15, 0.2) is 30.3 Å². The van der Waals surface area contributed by atoms with Crippen LogP contribution >= 0.6 is 0 Å². The minimum Gasteiger partial charge on any atom is -0.381 e.